The summed E-state index contributed by atoms with van der Waals surface area (Å²) in [7, 11) is 2.97. The van der Waals surface area contributed by atoms with E-state index in [1.54, 1.807) is 19.2 Å². The lowest BCUT2D eigenvalue weighted by Crippen LogP contribution is -2.05. The van der Waals surface area contributed by atoms with E-state index in [1.807, 2.05) is 41.0 Å². The van der Waals surface area contributed by atoms with Gasteiger partial charge in [0, 0.05) is 16.3 Å². The standard InChI is InChI=1S/C18H16ClN3O3S/c1-24-15-9-7-14(8-10-15)22-17(12-3-5-13(19)6-4-12)20-21-18(22)26-11-16(23)25-2/h3-10H,11H2,1-2H3. The first-order valence-corrected chi connectivity index (χ1v) is 9.04. The van der Waals surface area contributed by atoms with E-state index in [0.29, 0.717) is 16.0 Å². The van der Waals surface area contributed by atoms with Crippen molar-refractivity contribution < 1.29 is 14.3 Å². The van der Waals surface area contributed by atoms with Gasteiger partial charge in [0.1, 0.15) is 5.75 Å². The first-order valence-electron chi connectivity index (χ1n) is 7.67. The number of thioether (sulfide) groups is 1. The summed E-state index contributed by atoms with van der Waals surface area (Å²) < 4.78 is 11.8. The Kier molecular flexibility index (Phi) is 5.80. The molecule has 0 aliphatic carbocycles. The van der Waals surface area contributed by atoms with Gasteiger partial charge in [0.15, 0.2) is 11.0 Å². The number of hydrogen-bond donors (Lipinski definition) is 0. The second-order valence-electron chi connectivity index (χ2n) is 5.21. The Labute approximate surface area is 160 Å². The van der Waals surface area contributed by atoms with Crippen LogP contribution in [-0.2, 0) is 9.53 Å². The summed E-state index contributed by atoms with van der Waals surface area (Å²) in [4.78, 5) is 11.5. The van der Waals surface area contributed by atoms with Crippen molar-refractivity contribution in [3.8, 4) is 22.8 Å². The summed E-state index contributed by atoms with van der Waals surface area (Å²) in [6.45, 7) is 0. The second kappa shape index (κ2) is 8.25. The number of halogens is 1. The summed E-state index contributed by atoms with van der Waals surface area (Å²) in [5.41, 5.74) is 1.72. The number of carbonyl (C=O) groups excluding carboxylic acids is 1. The van der Waals surface area contributed by atoms with Gasteiger partial charge in [-0.05, 0) is 48.5 Å². The molecule has 0 N–H and O–H groups in total. The predicted octanol–water partition coefficient (Wildman–Crippen LogP) is 3.86. The number of rotatable bonds is 6. The van der Waals surface area contributed by atoms with Crippen LogP contribution in [0.4, 0.5) is 0 Å². The van der Waals surface area contributed by atoms with Crippen LogP contribution in [0, 0.1) is 0 Å². The molecule has 1 aromatic heterocycles. The maximum absolute atomic E-state index is 11.5. The molecular weight excluding hydrogens is 374 g/mol. The van der Waals surface area contributed by atoms with Crippen LogP contribution in [-0.4, -0.2) is 40.7 Å². The van der Waals surface area contributed by atoms with Gasteiger partial charge in [-0.25, -0.2) is 0 Å². The molecule has 134 valence electrons. The highest BCUT2D eigenvalue weighted by atomic mass is 35.5. The van der Waals surface area contributed by atoms with Crippen molar-refractivity contribution in [3.05, 3.63) is 53.6 Å². The third kappa shape index (κ3) is 4.00. The lowest BCUT2D eigenvalue weighted by atomic mass is 10.2. The minimum atomic E-state index is -0.327. The number of aromatic nitrogens is 3. The van der Waals surface area contributed by atoms with Crippen LogP contribution in [0.25, 0.3) is 17.1 Å². The molecule has 0 fully saturated rings. The van der Waals surface area contributed by atoms with Gasteiger partial charge in [-0.3, -0.25) is 9.36 Å². The Morgan fingerprint density at radius 3 is 2.38 bits per heavy atom. The molecule has 0 saturated carbocycles. The zero-order valence-corrected chi connectivity index (χ0v) is 15.8. The molecule has 3 rings (SSSR count). The molecular formula is C18H16ClN3O3S. The van der Waals surface area contributed by atoms with Crippen molar-refractivity contribution in [2.75, 3.05) is 20.0 Å². The smallest absolute Gasteiger partial charge is 0.316 e. The number of carbonyl (C=O) groups is 1. The third-order valence-electron chi connectivity index (χ3n) is 3.61. The highest BCUT2D eigenvalue weighted by Gasteiger charge is 2.17. The van der Waals surface area contributed by atoms with Crippen LogP contribution in [0.1, 0.15) is 0 Å². The van der Waals surface area contributed by atoms with E-state index >= 15 is 0 Å². The van der Waals surface area contributed by atoms with Crippen LogP contribution >= 0.6 is 23.4 Å². The monoisotopic (exact) mass is 389 g/mol. The van der Waals surface area contributed by atoms with Gasteiger partial charge in [0.05, 0.1) is 20.0 Å². The average Bonchev–Trinajstić information content (AvgIpc) is 3.10. The lowest BCUT2D eigenvalue weighted by molar-refractivity contribution is -0.137. The molecule has 3 aromatic rings. The van der Waals surface area contributed by atoms with Crippen molar-refractivity contribution in [1.29, 1.82) is 0 Å². The molecule has 6 nitrogen and oxygen atoms in total. The van der Waals surface area contributed by atoms with Crippen LogP contribution in [0.15, 0.2) is 53.7 Å². The van der Waals surface area contributed by atoms with Gasteiger partial charge < -0.3 is 9.47 Å². The summed E-state index contributed by atoms with van der Waals surface area (Å²) >= 11 is 7.24. The molecule has 0 atom stereocenters. The van der Waals surface area contributed by atoms with Gasteiger partial charge in [0.2, 0.25) is 0 Å². The first-order chi connectivity index (χ1) is 12.6. The van der Waals surface area contributed by atoms with E-state index in [2.05, 4.69) is 10.2 Å². The fraction of sp³-hybridized carbons (Fsp3) is 0.167. The summed E-state index contributed by atoms with van der Waals surface area (Å²) in [5, 5.41) is 9.78. The van der Waals surface area contributed by atoms with Crippen molar-refractivity contribution >= 4 is 29.3 Å². The van der Waals surface area contributed by atoms with E-state index in [1.165, 1.54) is 18.9 Å². The first kappa shape index (κ1) is 18.3. The van der Waals surface area contributed by atoms with Gasteiger partial charge in [-0.1, -0.05) is 23.4 Å². The van der Waals surface area contributed by atoms with Crippen LogP contribution in [0.3, 0.4) is 0 Å². The van der Waals surface area contributed by atoms with E-state index < -0.39 is 0 Å². The molecule has 0 unspecified atom stereocenters. The lowest BCUT2D eigenvalue weighted by Gasteiger charge is -2.11. The van der Waals surface area contributed by atoms with Crippen molar-refractivity contribution in [3.63, 3.8) is 0 Å². The van der Waals surface area contributed by atoms with Gasteiger partial charge in [-0.2, -0.15) is 0 Å². The Morgan fingerprint density at radius 2 is 1.77 bits per heavy atom. The minimum absolute atomic E-state index is 0.144. The normalized spacial score (nSPS) is 10.6. The summed E-state index contributed by atoms with van der Waals surface area (Å²) in [6, 6.07) is 14.9. The van der Waals surface area contributed by atoms with Crippen LogP contribution < -0.4 is 4.74 Å². The van der Waals surface area contributed by atoms with Gasteiger partial charge >= 0.3 is 5.97 Å². The van der Waals surface area contributed by atoms with Crippen LogP contribution in [0.2, 0.25) is 5.02 Å². The molecule has 0 spiro atoms. The number of hydrogen-bond acceptors (Lipinski definition) is 6. The van der Waals surface area contributed by atoms with Crippen molar-refractivity contribution in [2.45, 2.75) is 5.16 Å². The fourth-order valence-electron chi connectivity index (χ4n) is 2.30. The number of nitrogens with zero attached hydrogens (tertiary/aromatic N) is 3. The molecule has 26 heavy (non-hydrogen) atoms. The van der Waals surface area contributed by atoms with Crippen molar-refractivity contribution in [1.82, 2.24) is 14.8 Å². The number of benzene rings is 2. The Balaban J connectivity index is 2.04. The highest BCUT2D eigenvalue weighted by Crippen LogP contribution is 2.29. The number of ether oxygens (including phenoxy) is 2. The van der Waals surface area contributed by atoms with E-state index in [0.717, 1.165) is 17.0 Å². The van der Waals surface area contributed by atoms with E-state index in [4.69, 9.17) is 21.1 Å². The average molecular weight is 390 g/mol. The Morgan fingerprint density at radius 1 is 1.08 bits per heavy atom. The number of esters is 1. The molecule has 0 bridgehead atoms. The molecule has 0 aliphatic heterocycles. The fourth-order valence-corrected chi connectivity index (χ4v) is 3.21. The third-order valence-corrected chi connectivity index (χ3v) is 4.77. The van der Waals surface area contributed by atoms with Gasteiger partial charge in [-0.15, -0.1) is 10.2 Å². The predicted molar refractivity (Wildman–Crippen MR) is 101 cm³/mol. The molecule has 0 aliphatic rings. The largest absolute Gasteiger partial charge is 0.497 e. The maximum Gasteiger partial charge on any atom is 0.316 e. The molecule has 2 aromatic carbocycles. The topological polar surface area (TPSA) is 66.2 Å². The molecule has 8 heteroatoms. The highest BCUT2D eigenvalue weighted by molar-refractivity contribution is 7.99. The Hall–Kier alpha value is -2.51. The quantitative estimate of drug-likeness (QED) is 0.471. The minimum Gasteiger partial charge on any atom is -0.497 e. The molecule has 1 heterocycles. The Bertz CT molecular complexity index is 895. The van der Waals surface area contributed by atoms with Crippen LogP contribution in [0.5, 0.6) is 5.75 Å². The van der Waals surface area contributed by atoms with Gasteiger partial charge in [0.25, 0.3) is 0 Å². The zero-order valence-electron chi connectivity index (χ0n) is 14.2. The SMILES string of the molecule is COC(=O)CSc1nnc(-c2ccc(Cl)cc2)n1-c1ccc(OC)cc1. The summed E-state index contributed by atoms with van der Waals surface area (Å²) in [6.07, 6.45) is 0. The second-order valence-corrected chi connectivity index (χ2v) is 6.59. The molecule has 0 radical (unpaired) electrons. The van der Waals surface area contributed by atoms with E-state index in [9.17, 15) is 4.79 Å². The van der Waals surface area contributed by atoms with E-state index in [-0.39, 0.29) is 11.7 Å². The van der Waals surface area contributed by atoms with Crippen molar-refractivity contribution in [2.24, 2.45) is 0 Å². The molecule has 0 saturated heterocycles. The number of methoxy groups -OCH3 is 2. The summed E-state index contributed by atoms with van der Waals surface area (Å²) in [5.74, 6) is 1.22. The maximum atomic E-state index is 11.5. The zero-order chi connectivity index (χ0) is 18.5. The molecule has 0 amide bonds.